The molecule has 3 aliphatic heterocycles. The molecule has 1 aromatic heterocycles. The molecule has 1 aromatic carbocycles. The fourth-order valence-electron chi connectivity index (χ4n) is 5.14. The van der Waals surface area contributed by atoms with Crippen molar-refractivity contribution in [3.63, 3.8) is 0 Å². The van der Waals surface area contributed by atoms with Crippen molar-refractivity contribution in [3.8, 4) is 0 Å². The van der Waals surface area contributed by atoms with Gasteiger partial charge in [0.05, 0.1) is 24.5 Å². The van der Waals surface area contributed by atoms with Crippen LogP contribution in [0.1, 0.15) is 30.9 Å². The summed E-state index contributed by atoms with van der Waals surface area (Å²) in [6.45, 7) is 5.19. The number of fused-ring (bicyclic) bond motifs is 1. The molecule has 2 aromatic rings. The van der Waals surface area contributed by atoms with E-state index in [-0.39, 0.29) is 17.9 Å². The molecular formula is C25H27N3O3. The molecule has 6 nitrogen and oxygen atoms in total. The maximum Gasteiger partial charge on any atom is 0.234 e. The monoisotopic (exact) mass is 417 g/mol. The Morgan fingerprint density at radius 3 is 2.74 bits per heavy atom. The molecule has 0 N–H and O–H groups in total. The number of ether oxygens (including phenoxy) is 1. The van der Waals surface area contributed by atoms with Crippen LogP contribution in [0.25, 0.3) is 0 Å². The highest BCUT2D eigenvalue weighted by Crippen LogP contribution is 2.53. The number of carbonyl (C=O) groups is 2. The molecule has 2 saturated heterocycles. The summed E-state index contributed by atoms with van der Waals surface area (Å²) in [7, 11) is 1.78. The van der Waals surface area contributed by atoms with Gasteiger partial charge in [-0.3, -0.25) is 14.6 Å². The first-order valence-electron chi connectivity index (χ1n) is 10.8. The van der Waals surface area contributed by atoms with Crippen LogP contribution in [0.4, 0.5) is 5.69 Å². The van der Waals surface area contributed by atoms with E-state index in [1.165, 1.54) is 5.56 Å². The third-order valence-corrected chi connectivity index (χ3v) is 6.78. The molecule has 2 bridgehead atoms. The number of hydrogen-bond acceptors (Lipinski definition) is 4. The summed E-state index contributed by atoms with van der Waals surface area (Å²) in [5.74, 6) is -0.650. The molecule has 4 heterocycles. The minimum Gasteiger partial charge on any atom is -0.360 e. The lowest BCUT2D eigenvalue weighted by atomic mass is 9.76. The van der Waals surface area contributed by atoms with Crippen molar-refractivity contribution in [1.82, 2.24) is 9.88 Å². The first kappa shape index (κ1) is 19.9. The maximum atomic E-state index is 13.5. The van der Waals surface area contributed by atoms with Gasteiger partial charge in [-0.05, 0) is 35.2 Å². The highest BCUT2D eigenvalue weighted by atomic mass is 16.5. The van der Waals surface area contributed by atoms with Gasteiger partial charge in [-0.15, -0.1) is 0 Å². The van der Waals surface area contributed by atoms with Gasteiger partial charge in [0.2, 0.25) is 11.8 Å². The number of pyridine rings is 1. The zero-order chi connectivity index (χ0) is 21.8. The molecule has 5 rings (SSSR count). The smallest absolute Gasteiger partial charge is 0.234 e. The molecule has 2 fully saturated rings. The van der Waals surface area contributed by atoms with Crippen LogP contribution >= 0.6 is 0 Å². The Morgan fingerprint density at radius 2 is 2.06 bits per heavy atom. The third kappa shape index (κ3) is 3.17. The van der Waals surface area contributed by atoms with Crippen molar-refractivity contribution in [2.75, 3.05) is 18.5 Å². The number of anilines is 1. The van der Waals surface area contributed by atoms with Gasteiger partial charge in [0.1, 0.15) is 5.60 Å². The van der Waals surface area contributed by atoms with Crippen molar-refractivity contribution < 1.29 is 14.3 Å². The van der Waals surface area contributed by atoms with E-state index in [1.807, 2.05) is 36.4 Å². The van der Waals surface area contributed by atoms with Gasteiger partial charge in [-0.1, -0.05) is 44.2 Å². The summed E-state index contributed by atoms with van der Waals surface area (Å²) in [5, 5.41) is 0. The minimum absolute atomic E-state index is 0.0303. The van der Waals surface area contributed by atoms with Gasteiger partial charge >= 0.3 is 0 Å². The fourth-order valence-corrected chi connectivity index (χ4v) is 5.14. The van der Waals surface area contributed by atoms with Crippen molar-refractivity contribution in [3.05, 3.63) is 72.1 Å². The van der Waals surface area contributed by atoms with E-state index < -0.39 is 17.4 Å². The second kappa shape index (κ2) is 7.31. The van der Waals surface area contributed by atoms with Gasteiger partial charge in [0.15, 0.2) is 0 Å². The van der Waals surface area contributed by atoms with Crippen LogP contribution in [0.3, 0.4) is 0 Å². The summed E-state index contributed by atoms with van der Waals surface area (Å²) in [5.41, 5.74) is 2.33. The normalized spacial score (nSPS) is 28.5. The van der Waals surface area contributed by atoms with Crippen LogP contribution < -0.4 is 4.90 Å². The van der Waals surface area contributed by atoms with Gasteiger partial charge < -0.3 is 14.5 Å². The maximum absolute atomic E-state index is 13.5. The van der Waals surface area contributed by atoms with Crippen LogP contribution in [0.2, 0.25) is 0 Å². The Balaban J connectivity index is 1.39. The summed E-state index contributed by atoms with van der Waals surface area (Å²) in [6, 6.07) is 11.9. The van der Waals surface area contributed by atoms with Crippen molar-refractivity contribution in [2.24, 2.45) is 11.8 Å². The molecule has 160 valence electrons. The van der Waals surface area contributed by atoms with Crippen LogP contribution in [0, 0.1) is 11.8 Å². The predicted molar refractivity (Wildman–Crippen MR) is 117 cm³/mol. The summed E-state index contributed by atoms with van der Waals surface area (Å²) < 4.78 is 6.27. The fraction of sp³-hybridized carbons (Fsp3) is 0.400. The largest absolute Gasteiger partial charge is 0.360 e. The quantitative estimate of drug-likeness (QED) is 0.701. The molecule has 4 atom stereocenters. The van der Waals surface area contributed by atoms with Crippen molar-refractivity contribution in [2.45, 2.75) is 38.0 Å². The van der Waals surface area contributed by atoms with Gasteiger partial charge in [0, 0.05) is 31.7 Å². The van der Waals surface area contributed by atoms with Crippen molar-refractivity contribution in [1.29, 1.82) is 0 Å². The van der Waals surface area contributed by atoms with Crippen LogP contribution in [-0.4, -0.2) is 47.0 Å². The number of hydrogen-bond donors (Lipinski definition) is 0. The van der Waals surface area contributed by atoms with E-state index in [2.05, 4.69) is 31.0 Å². The average Bonchev–Trinajstić information content (AvgIpc) is 3.42. The molecule has 1 spiro atoms. The van der Waals surface area contributed by atoms with Gasteiger partial charge in [0.25, 0.3) is 0 Å². The summed E-state index contributed by atoms with van der Waals surface area (Å²) in [4.78, 5) is 34.5. The standard InChI is InChI=1S/C25H27N3O3/c1-16(2)18-6-8-19(9-7-18)28-15-25-11-10-20(31-25)21(22(25)24(28)30)23(29)27(3)14-17-5-4-12-26-13-17/h4-13,16,20-22H,14-15H2,1-3H3. The first-order valence-corrected chi connectivity index (χ1v) is 10.8. The number of nitrogens with zero attached hydrogens (tertiary/aromatic N) is 3. The highest BCUT2D eigenvalue weighted by Gasteiger charge is 2.67. The molecule has 2 amide bonds. The summed E-state index contributed by atoms with van der Waals surface area (Å²) >= 11 is 0. The summed E-state index contributed by atoms with van der Waals surface area (Å²) in [6.07, 6.45) is 7.07. The van der Waals surface area contributed by atoms with E-state index in [4.69, 9.17) is 4.74 Å². The first-order chi connectivity index (χ1) is 14.9. The number of benzene rings is 1. The molecule has 6 heteroatoms. The third-order valence-electron chi connectivity index (χ3n) is 6.78. The lowest BCUT2D eigenvalue weighted by Gasteiger charge is -2.27. The second-order valence-corrected chi connectivity index (χ2v) is 9.13. The van der Waals surface area contributed by atoms with Crippen LogP contribution in [0.15, 0.2) is 60.9 Å². The Labute approximate surface area is 182 Å². The number of carbonyl (C=O) groups excluding carboxylic acids is 2. The lowest BCUT2D eigenvalue weighted by molar-refractivity contribution is -0.139. The Bertz CT molecular complexity index is 1030. The van der Waals surface area contributed by atoms with Crippen LogP contribution in [-0.2, 0) is 20.9 Å². The van der Waals surface area contributed by atoms with E-state index >= 15 is 0 Å². The molecule has 3 aliphatic rings. The topological polar surface area (TPSA) is 62.7 Å². The number of amides is 2. The number of rotatable bonds is 5. The molecule has 0 radical (unpaired) electrons. The second-order valence-electron chi connectivity index (χ2n) is 9.13. The number of aromatic nitrogens is 1. The Kier molecular flexibility index (Phi) is 4.70. The van der Waals surface area contributed by atoms with Crippen LogP contribution in [0.5, 0.6) is 0 Å². The predicted octanol–water partition coefficient (Wildman–Crippen LogP) is 3.15. The highest BCUT2D eigenvalue weighted by molar-refractivity contribution is 6.03. The molecule has 0 saturated carbocycles. The average molecular weight is 418 g/mol. The Morgan fingerprint density at radius 1 is 1.29 bits per heavy atom. The molecule has 4 unspecified atom stereocenters. The SMILES string of the molecule is CC(C)c1ccc(N2CC34C=CC(O3)C(C(=O)N(C)Cc3cccnc3)C4C2=O)cc1. The minimum atomic E-state index is -0.714. The zero-order valence-electron chi connectivity index (χ0n) is 18.1. The molecule has 0 aliphatic carbocycles. The van der Waals surface area contributed by atoms with E-state index in [1.54, 1.807) is 29.2 Å². The molecule has 31 heavy (non-hydrogen) atoms. The lowest BCUT2D eigenvalue weighted by Crippen LogP contribution is -2.44. The molecular weight excluding hydrogens is 390 g/mol. The van der Waals surface area contributed by atoms with Gasteiger partial charge in [-0.2, -0.15) is 0 Å². The van der Waals surface area contributed by atoms with Crippen molar-refractivity contribution >= 4 is 17.5 Å². The van der Waals surface area contributed by atoms with E-state index in [0.717, 1.165) is 11.3 Å². The van der Waals surface area contributed by atoms with E-state index in [9.17, 15) is 9.59 Å². The van der Waals surface area contributed by atoms with E-state index in [0.29, 0.717) is 19.0 Å². The zero-order valence-corrected chi connectivity index (χ0v) is 18.1. The Hall–Kier alpha value is -2.99. The van der Waals surface area contributed by atoms with Gasteiger partial charge in [-0.25, -0.2) is 0 Å².